The standard InChI is InChI=1S/C18H26N2O2/c1-4-20(13(2)3)17-9-6-15(7-10-17)18(22)19-16-8-5-14(11-16)12-21/h5-10,13-14,16,21H,4,11-12H2,1-3H3,(H,19,22)/t14-,16+/m0/s1. The number of anilines is 1. The van der Waals surface area contributed by atoms with E-state index in [1.54, 1.807) is 0 Å². The summed E-state index contributed by atoms with van der Waals surface area (Å²) in [7, 11) is 0. The second-order valence-corrected chi connectivity index (χ2v) is 6.07. The summed E-state index contributed by atoms with van der Waals surface area (Å²) in [6, 6.07) is 8.20. The number of carbonyl (C=O) groups is 1. The first-order valence-corrected chi connectivity index (χ1v) is 8.01. The number of nitrogens with one attached hydrogen (secondary N) is 1. The van der Waals surface area contributed by atoms with Crippen molar-refractivity contribution in [2.75, 3.05) is 18.1 Å². The minimum atomic E-state index is -0.0626. The molecular weight excluding hydrogens is 276 g/mol. The van der Waals surface area contributed by atoms with Crippen LogP contribution in [0.15, 0.2) is 36.4 Å². The molecule has 2 N–H and O–H groups in total. The van der Waals surface area contributed by atoms with Gasteiger partial charge in [-0.2, -0.15) is 0 Å². The van der Waals surface area contributed by atoms with E-state index in [9.17, 15) is 4.79 Å². The van der Waals surface area contributed by atoms with Gasteiger partial charge in [0.25, 0.3) is 5.91 Å². The molecule has 0 spiro atoms. The molecule has 1 amide bonds. The molecule has 1 aliphatic carbocycles. The minimum absolute atomic E-state index is 0.0205. The molecule has 0 unspecified atom stereocenters. The van der Waals surface area contributed by atoms with E-state index in [4.69, 9.17) is 5.11 Å². The molecular formula is C18H26N2O2. The minimum Gasteiger partial charge on any atom is -0.396 e. The molecule has 0 bridgehead atoms. The highest BCUT2D eigenvalue weighted by Gasteiger charge is 2.20. The summed E-state index contributed by atoms with van der Waals surface area (Å²) in [6.45, 7) is 7.53. The first kappa shape index (κ1) is 16.6. The Morgan fingerprint density at radius 2 is 2.00 bits per heavy atom. The summed E-state index contributed by atoms with van der Waals surface area (Å²) in [5.41, 5.74) is 1.81. The molecule has 0 radical (unpaired) electrons. The van der Waals surface area contributed by atoms with Crippen LogP contribution in [-0.2, 0) is 0 Å². The second kappa shape index (κ2) is 7.45. The van der Waals surface area contributed by atoms with Gasteiger partial charge in [0.05, 0.1) is 0 Å². The monoisotopic (exact) mass is 302 g/mol. The van der Waals surface area contributed by atoms with Crippen LogP contribution in [0, 0.1) is 5.92 Å². The summed E-state index contributed by atoms with van der Waals surface area (Å²) in [6.07, 6.45) is 4.71. The Bertz CT molecular complexity index is 522. The molecule has 1 aromatic carbocycles. The molecule has 0 aliphatic heterocycles. The number of hydrogen-bond acceptors (Lipinski definition) is 3. The van der Waals surface area contributed by atoms with Crippen LogP contribution < -0.4 is 10.2 Å². The fourth-order valence-corrected chi connectivity index (χ4v) is 2.92. The van der Waals surface area contributed by atoms with Gasteiger partial charge < -0.3 is 15.3 Å². The Kier molecular flexibility index (Phi) is 5.61. The van der Waals surface area contributed by atoms with Gasteiger partial charge in [-0.1, -0.05) is 12.2 Å². The van der Waals surface area contributed by atoms with Gasteiger partial charge in [0, 0.05) is 42.4 Å². The lowest BCUT2D eigenvalue weighted by Gasteiger charge is -2.27. The van der Waals surface area contributed by atoms with E-state index in [0.29, 0.717) is 11.6 Å². The Morgan fingerprint density at radius 3 is 2.50 bits per heavy atom. The van der Waals surface area contributed by atoms with E-state index in [-0.39, 0.29) is 24.5 Å². The topological polar surface area (TPSA) is 52.6 Å². The summed E-state index contributed by atoms with van der Waals surface area (Å²) < 4.78 is 0. The fourth-order valence-electron chi connectivity index (χ4n) is 2.92. The molecule has 4 heteroatoms. The number of benzene rings is 1. The maximum atomic E-state index is 12.3. The normalized spacial score (nSPS) is 20.4. The highest BCUT2D eigenvalue weighted by Crippen LogP contribution is 2.19. The van der Waals surface area contributed by atoms with Gasteiger partial charge in [0.2, 0.25) is 0 Å². The molecule has 0 saturated heterocycles. The zero-order chi connectivity index (χ0) is 16.1. The third kappa shape index (κ3) is 3.89. The van der Waals surface area contributed by atoms with Crippen LogP contribution in [0.1, 0.15) is 37.6 Å². The number of hydrogen-bond donors (Lipinski definition) is 2. The molecule has 22 heavy (non-hydrogen) atoms. The number of nitrogens with zero attached hydrogens (tertiary/aromatic N) is 1. The highest BCUT2D eigenvalue weighted by molar-refractivity contribution is 5.94. The number of carbonyl (C=O) groups excluding carboxylic acids is 1. The van der Waals surface area contributed by atoms with Gasteiger partial charge in [-0.25, -0.2) is 0 Å². The lowest BCUT2D eigenvalue weighted by molar-refractivity contribution is 0.0941. The largest absolute Gasteiger partial charge is 0.396 e. The van der Waals surface area contributed by atoms with Crippen molar-refractivity contribution in [2.24, 2.45) is 5.92 Å². The van der Waals surface area contributed by atoms with E-state index in [1.807, 2.05) is 36.4 Å². The molecule has 120 valence electrons. The van der Waals surface area contributed by atoms with Crippen LogP contribution in [0.2, 0.25) is 0 Å². The average molecular weight is 302 g/mol. The van der Waals surface area contributed by atoms with Gasteiger partial charge in [-0.3, -0.25) is 4.79 Å². The maximum absolute atomic E-state index is 12.3. The highest BCUT2D eigenvalue weighted by atomic mass is 16.3. The Balaban J connectivity index is 1.98. The number of aliphatic hydroxyl groups excluding tert-OH is 1. The average Bonchev–Trinajstić information content (AvgIpc) is 2.96. The van der Waals surface area contributed by atoms with E-state index in [2.05, 4.69) is 31.0 Å². The Hall–Kier alpha value is -1.81. The summed E-state index contributed by atoms with van der Waals surface area (Å²) in [5.74, 6) is 0.101. The summed E-state index contributed by atoms with van der Waals surface area (Å²) in [4.78, 5) is 14.5. The van der Waals surface area contributed by atoms with Gasteiger partial charge in [0.1, 0.15) is 0 Å². The lowest BCUT2D eigenvalue weighted by atomic mass is 10.1. The molecule has 0 saturated carbocycles. The molecule has 2 rings (SSSR count). The van der Waals surface area contributed by atoms with Crippen LogP contribution in [0.4, 0.5) is 5.69 Å². The molecule has 4 nitrogen and oxygen atoms in total. The Morgan fingerprint density at radius 1 is 1.32 bits per heavy atom. The molecule has 2 atom stereocenters. The van der Waals surface area contributed by atoms with Crippen molar-refractivity contribution in [3.05, 3.63) is 42.0 Å². The van der Waals surface area contributed by atoms with E-state index < -0.39 is 0 Å². The Labute approximate surface area is 132 Å². The van der Waals surface area contributed by atoms with Crippen molar-refractivity contribution in [1.82, 2.24) is 5.32 Å². The fraction of sp³-hybridized carbons (Fsp3) is 0.500. The van der Waals surface area contributed by atoms with Crippen molar-refractivity contribution in [3.63, 3.8) is 0 Å². The van der Waals surface area contributed by atoms with Crippen LogP contribution in [0.25, 0.3) is 0 Å². The third-order valence-corrected chi connectivity index (χ3v) is 4.15. The third-order valence-electron chi connectivity index (χ3n) is 4.15. The number of aliphatic hydroxyl groups is 1. The quantitative estimate of drug-likeness (QED) is 0.794. The van der Waals surface area contributed by atoms with E-state index in [0.717, 1.165) is 18.7 Å². The van der Waals surface area contributed by atoms with E-state index >= 15 is 0 Å². The van der Waals surface area contributed by atoms with Crippen molar-refractivity contribution >= 4 is 11.6 Å². The molecule has 0 fully saturated rings. The predicted octanol–water partition coefficient (Wildman–Crippen LogP) is 2.59. The maximum Gasteiger partial charge on any atom is 0.251 e. The lowest BCUT2D eigenvalue weighted by Crippen LogP contribution is -2.33. The molecule has 0 aromatic heterocycles. The molecule has 1 aromatic rings. The zero-order valence-corrected chi connectivity index (χ0v) is 13.6. The van der Waals surface area contributed by atoms with Crippen LogP contribution in [-0.4, -0.2) is 36.2 Å². The van der Waals surface area contributed by atoms with Crippen molar-refractivity contribution in [2.45, 2.75) is 39.3 Å². The summed E-state index contributed by atoms with van der Waals surface area (Å²) >= 11 is 0. The molecule has 1 aliphatic rings. The van der Waals surface area contributed by atoms with Gasteiger partial charge >= 0.3 is 0 Å². The SMILES string of the molecule is CCN(c1ccc(C(=O)N[C@@H]2C=C[C@H](CO)C2)cc1)C(C)C. The van der Waals surface area contributed by atoms with Crippen molar-refractivity contribution in [1.29, 1.82) is 0 Å². The van der Waals surface area contributed by atoms with Crippen LogP contribution in [0.3, 0.4) is 0 Å². The number of rotatable bonds is 6. The summed E-state index contributed by atoms with van der Waals surface area (Å²) in [5, 5.41) is 12.1. The number of amides is 1. The van der Waals surface area contributed by atoms with Crippen LogP contribution >= 0.6 is 0 Å². The van der Waals surface area contributed by atoms with Gasteiger partial charge in [-0.15, -0.1) is 0 Å². The van der Waals surface area contributed by atoms with E-state index in [1.165, 1.54) is 0 Å². The molecule has 0 heterocycles. The first-order valence-electron chi connectivity index (χ1n) is 8.01. The predicted molar refractivity (Wildman–Crippen MR) is 90.2 cm³/mol. The first-order chi connectivity index (χ1) is 10.5. The van der Waals surface area contributed by atoms with Gasteiger partial charge in [0.15, 0.2) is 0 Å². The van der Waals surface area contributed by atoms with Crippen molar-refractivity contribution < 1.29 is 9.90 Å². The van der Waals surface area contributed by atoms with Gasteiger partial charge in [-0.05, 0) is 51.5 Å². The van der Waals surface area contributed by atoms with Crippen LogP contribution in [0.5, 0.6) is 0 Å². The zero-order valence-electron chi connectivity index (χ0n) is 13.6. The smallest absolute Gasteiger partial charge is 0.251 e. The van der Waals surface area contributed by atoms with Crippen molar-refractivity contribution in [3.8, 4) is 0 Å². The second-order valence-electron chi connectivity index (χ2n) is 6.07.